The minimum Gasteiger partial charge on any atom is -0.822 e. The molecule has 0 saturated carbocycles. The Morgan fingerprint density at radius 2 is 1.12 bits per heavy atom. The molecule has 0 unspecified atom stereocenters. The number of phosphoric acid groups is 1. The van der Waals surface area contributed by atoms with Crippen LogP contribution in [0.25, 0.3) is 0 Å². The summed E-state index contributed by atoms with van der Waals surface area (Å²) in [4.78, 5) is 25.6. The molecule has 4 nitrogen and oxygen atoms in total. The van der Waals surface area contributed by atoms with Gasteiger partial charge in [-0.15, -0.1) is 0 Å². The summed E-state index contributed by atoms with van der Waals surface area (Å²) >= 11 is 0. The average molecular weight is 217 g/mol. The first-order valence-electron chi connectivity index (χ1n) is 0.730. The van der Waals surface area contributed by atoms with Gasteiger partial charge in [-0.2, -0.15) is 7.82 Å². The molecular weight excluding hydrogens is 217 g/mol. The van der Waals surface area contributed by atoms with Crippen LogP contribution in [0.3, 0.4) is 0 Å². The minimum absolute atomic E-state index is 0. The third kappa shape index (κ3) is 79.6. The molecule has 0 atom stereocenters. The Bertz CT molecular complexity index is 62.2. The normalized spacial score (nSPS) is 7.38. The van der Waals surface area contributed by atoms with Gasteiger partial charge in [-0.25, -0.2) is 0 Å². The number of hydrogen-bond donors (Lipinski definition) is 0. The maximum absolute atomic E-state index is 8.55. The molecule has 0 aromatic heterocycles. The molecule has 8 heteroatoms. The summed E-state index contributed by atoms with van der Waals surface area (Å²) in [5.41, 5.74) is 0. The molecule has 8 heavy (non-hydrogen) atoms. The molecule has 0 amide bonds. The largest absolute Gasteiger partial charge is 5.00 e. The van der Waals surface area contributed by atoms with Gasteiger partial charge < -0.3 is 19.2 Å². The Balaban J connectivity index is -0.0000000267. The van der Waals surface area contributed by atoms with E-state index in [1.807, 2.05) is 0 Å². The second-order valence-electron chi connectivity index (χ2n) is 0.447. The molecule has 32 valence electrons. The van der Waals surface area contributed by atoms with E-state index in [4.69, 9.17) is 19.2 Å². The smallest absolute Gasteiger partial charge is 0.822 e. The molecule has 0 aromatic carbocycles. The molecule has 0 aliphatic heterocycles. The number of hydrogen-bond acceptors (Lipinski definition) is 4. The topological polar surface area (TPSA) is 86.2 Å². The van der Waals surface area contributed by atoms with Crippen LogP contribution in [0, 0.1) is 0 Å². The molecule has 0 fully saturated rings. The van der Waals surface area contributed by atoms with Crippen molar-refractivity contribution in [2.24, 2.45) is 0 Å². The Morgan fingerprint density at radius 3 is 1.12 bits per heavy atom. The van der Waals surface area contributed by atoms with Gasteiger partial charge in [0, 0.05) is 0 Å². The van der Waals surface area contributed by atoms with Crippen molar-refractivity contribution in [3.63, 3.8) is 0 Å². The van der Waals surface area contributed by atoms with Crippen LogP contribution in [-0.2, 0) is 44.8 Å². The van der Waals surface area contributed by atoms with Crippen molar-refractivity contribution >= 4 is 7.82 Å². The first kappa shape index (κ1) is 22.4. The van der Waals surface area contributed by atoms with Crippen molar-refractivity contribution in [3.8, 4) is 0 Å². The maximum atomic E-state index is 8.55. The summed E-state index contributed by atoms with van der Waals surface area (Å²) in [6, 6.07) is 0. The van der Waals surface area contributed by atoms with Crippen molar-refractivity contribution in [1.29, 1.82) is 0 Å². The van der Waals surface area contributed by atoms with Gasteiger partial charge in [-0.3, -0.25) is 0 Å². The van der Waals surface area contributed by atoms with E-state index in [1.54, 1.807) is 0 Å². The van der Waals surface area contributed by atoms with Crippen LogP contribution in [0.5, 0.6) is 0 Å². The zero-order chi connectivity index (χ0) is 4.50. The summed E-state index contributed by atoms with van der Waals surface area (Å²) in [6.45, 7) is 0. The van der Waals surface area contributed by atoms with Gasteiger partial charge in [0.2, 0.25) is 0 Å². The molecule has 0 N–H and O–H groups in total. The van der Waals surface area contributed by atoms with E-state index in [2.05, 4.69) is 0 Å². The van der Waals surface area contributed by atoms with Crippen LogP contribution in [0.4, 0.5) is 0 Å². The second-order valence-corrected chi connectivity index (χ2v) is 1.34. The average Bonchev–Trinajstić information content (AvgIpc) is 0.722. The van der Waals surface area contributed by atoms with E-state index < -0.39 is 7.82 Å². The molecule has 0 bridgehead atoms. The maximum Gasteiger partial charge on any atom is 5.00 e. The molecule has 0 saturated heterocycles. The predicted molar refractivity (Wildman–Crippen MR) is 7.61 cm³/mol. The standard InChI is InChI=1S/Na.H3O4P.Ti.V/c;1-5(2,3)4;;/h;(H3,1,2,3,4);;/q+1;;+4;+5/p-3. The Labute approximate surface area is 95.7 Å². The van der Waals surface area contributed by atoms with Gasteiger partial charge >= 0.3 is 69.8 Å². The van der Waals surface area contributed by atoms with E-state index in [9.17, 15) is 0 Å². The van der Waals surface area contributed by atoms with Crippen LogP contribution < -0.4 is 44.2 Å². The third-order valence-electron chi connectivity index (χ3n) is 0. The van der Waals surface area contributed by atoms with Gasteiger partial charge in [-0.1, -0.05) is 0 Å². The van der Waals surface area contributed by atoms with Crippen molar-refractivity contribution in [1.82, 2.24) is 0 Å². The van der Waals surface area contributed by atoms with Gasteiger partial charge in [-0.05, 0) is 0 Å². The molecule has 0 aliphatic carbocycles. The van der Waals surface area contributed by atoms with Crippen LogP contribution in [0.15, 0.2) is 0 Å². The van der Waals surface area contributed by atoms with Crippen molar-refractivity contribution in [2.45, 2.75) is 0 Å². The van der Waals surface area contributed by atoms with E-state index in [0.717, 1.165) is 0 Å². The van der Waals surface area contributed by atoms with E-state index >= 15 is 0 Å². The fraction of sp³-hybridized carbons (Fsp3) is 0. The van der Waals surface area contributed by atoms with Crippen LogP contribution in [0.2, 0.25) is 0 Å². The summed E-state index contributed by atoms with van der Waals surface area (Å²) in [6.07, 6.45) is 0. The zero-order valence-corrected chi connectivity index (χ0v) is 9.88. The van der Waals surface area contributed by atoms with E-state index in [0.29, 0.717) is 0 Å². The summed E-state index contributed by atoms with van der Waals surface area (Å²) < 4.78 is 8.55. The first-order valence-corrected chi connectivity index (χ1v) is 2.19. The van der Waals surface area contributed by atoms with Gasteiger partial charge in [0.05, 0.1) is 0 Å². The molecule has 0 aromatic rings. The Morgan fingerprint density at radius 1 is 1.12 bits per heavy atom. The number of rotatable bonds is 0. The van der Waals surface area contributed by atoms with Crippen LogP contribution in [0.1, 0.15) is 0 Å². The molecule has 0 spiro atoms. The zero-order valence-electron chi connectivity index (χ0n) is 4.03. The molecule has 0 aliphatic rings. The third-order valence-corrected chi connectivity index (χ3v) is 0. The summed E-state index contributed by atoms with van der Waals surface area (Å²) in [7, 11) is -5.39. The van der Waals surface area contributed by atoms with Gasteiger partial charge in [0.25, 0.3) is 0 Å². The minimum atomic E-state index is -5.39. The van der Waals surface area contributed by atoms with E-state index in [1.165, 1.54) is 0 Å². The first-order chi connectivity index (χ1) is 2.00. The summed E-state index contributed by atoms with van der Waals surface area (Å²) in [5.74, 6) is 0. The second kappa shape index (κ2) is 9.41. The summed E-state index contributed by atoms with van der Waals surface area (Å²) in [5, 5.41) is 0. The monoisotopic (exact) mass is 217 g/mol. The SMILES string of the molecule is O=P([O-])([O-])[O-].[Na+].[Ti+4].[V+5]. The molecule has 0 rings (SSSR count). The molecule has 0 radical (unpaired) electrons. The van der Waals surface area contributed by atoms with Crippen molar-refractivity contribution in [2.75, 3.05) is 0 Å². The Kier molecular flexibility index (Phi) is 26.4. The van der Waals surface area contributed by atoms with Crippen molar-refractivity contribution < 1.29 is 89.1 Å². The Hall–Kier alpha value is 2.41. The van der Waals surface area contributed by atoms with Crippen LogP contribution >= 0.6 is 7.82 Å². The van der Waals surface area contributed by atoms with Crippen LogP contribution in [-0.4, -0.2) is 0 Å². The van der Waals surface area contributed by atoms with Gasteiger partial charge in [0.1, 0.15) is 0 Å². The predicted octanol–water partition coefficient (Wildman–Crippen LogP) is -5.83. The van der Waals surface area contributed by atoms with Gasteiger partial charge in [0.15, 0.2) is 0 Å². The fourth-order valence-electron chi connectivity index (χ4n) is 0. The van der Waals surface area contributed by atoms with Crippen molar-refractivity contribution in [3.05, 3.63) is 0 Å². The molecular formula is NaO4PTiV+7. The fourth-order valence-corrected chi connectivity index (χ4v) is 0. The quantitative estimate of drug-likeness (QED) is 0.298. The molecule has 0 heterocycles. The van der Waals surface area contributed by atoms with E-state index in [-0.39, 0.29) is 69.8 Å².